The fraction of sp³-hybridized carbons (Fsp3) is 0.750. The van der Waals surface area contributed by atoms with Gasteiger partial charge in [0.25, 0.3) is 0 Å². The first-order valence-corrected chi connectivity index (χ1v) is 9.40. The number of aliphatic carboxylic acids is 2. The second kappa shape index (κ2) is 7.62. The van der Waals surface area contributed by atoms with E-state index in [1.165, 1.54) is 43.2 Å². The third-order valence-corrected chi connectivity index (χ3v) is 7.47. The molecule has 1 saturated heterocycles. The molecule has 0 spiro atoms. The summed E-state index contributed by atoms with van der Waals surface area (Å²) < 4.78 is 0. The molecule has 1 rings (SSSR count). The quantitative estimate of drug-likeness (QED) is 0.753. The minimum Gasteiger partial charge on any atom is -0.480 e. The summed E-state index contributed by atoms with van der Waals surface area (Å²) in [6.45, 7) is 0. The highest BCUT2D eigenvalue weighted by Crippen LogP contribution is 2.37. The molecule has 1 heterocycles. The summed E-state index contributed by atoms with van der Waals surface area (Å²) in [6.07, 6.45) is 1.16. The van der Waals surface area contributed by atoms with Crippen molar-refractivity contribution in [2.45, 2.75) is 23.3 Å². The number of hydrogen-bond donors (Lipinski definition) is 2. The molecule has 0 amide bonds. The molecule has 0 bridgehead atoms. The van der Waals surface area contributed by atoms with Crippen molar-refractivity contribution < 1.29 is 19.8 Å². The van der Waals surface area contributed by atoms with Gasteiger partial charge in [-0.3, -0.25) is 9.59 Å². The standard InChI is InChI=1S/C8H12O4S4/c9-7(10)5-1-3-13-16-6(8(11)12)2-4-14-15-5/h5-6H,1-4H2,(H,9,10)(H,11,12). The first-order valence-electron chi connectivity index (χ1n) is 4.63. The maximum absolute atomic E-state index is 10.8. The maximum atomic E-state index is 10.8. The Balaban J connectivity index is 2.43. The van der Waals surface area contributed by atoms with Gasteiger partial charge in [-0.2, -0.15) is 0 Å². The number of hydrogen-bond acceptors (Lipinski definition) is 6. The molecule has 1 aliphatic rings. The Morgan fingerprint density at radius 2 is 1.25 bits per heavy atom. The molecule has 2 unspecified atom stereocenters. The van der Waals surface area contributed by atoms with Crippen molar-refractivity contribution in [3.63, 3.8) is 0 Å². The zero-order valence-corrected chi connectivity index (χ0v) is 11.6. The Morgan fingerprint density at radius 3 is 1.56 bits per heavy atom. The molecule has 2 N–H and O–H groups in total. The van der Waals surface area contributed by atoms with Crippen LogP contribution in [0.4, 0.5) is 0 Å². The van der Waals surface area contributed by atoms with Crippen LogP contribution in [0, 0.1) is 0 Å². The van der Waals surface area contributed by atoms with Gasteiger partial charge < -0.3 is 10.2 Å². The molecule has 2 atom stereocenters. The van der Waals surface area contributed by atoms with E-state index < -0.39 is 11.9 Å². The molecule has 4 nitrogen and oxygen atoms in total. The van der Waals surface area contributed by atoms with Gasteiger partial charge in [-0.25, -0.2) is 0 Å². The molecular formula is C8H12O4S4. The molecule has 0 aromatic heterocycles. The SMILES string of the molecule is O=C(O)C1CCSSC(C(=O)O)CCSS1. The Hall–Kier alpha value is 0.340. The Kier molecular flexibility index (Phi) is 6.86. The van der Waals surface area contributed by atoms with E-state index in [2.05, 4.69) is 0 Å². The van der Waals surface area contributed by atoms with Gasteiger partial charge >= 0.3 is 11.9 Å². The van der Waals surface area contributed by atoms with Gasteiger partial charge in [-0.15, -0.1) is 0 Å². The molecular weight excluding hydrogens is 288 g/mol. The van der Waals surface area contributed by atoms with E-state index in [0.717, 1.165) is 0 Å². The number of carboxylic acid groups (broad SMARTS) is 2. The second-order valence-corrected chi connectivity index (χ2v) is 8.45. The highest BCUT2D eigenvalue weighted by Gasteiger charge is 2.23. The molecule has 0 aromatic carbocycles. The average Bonchev–Trinajstić information content (AvgIpc) is 2.24. The summed E-state index contributed by atoms with van der Waals surface area (Å²) in [5, 5.41) is 17.1. The van der Waals surface area contributed by atoms with Crippen LogP contribution in [-0.4, -0.2) is 44.2 Å². The van der Waals surface area contributed by atoms with Crippen LogP contribution in [0.2, 0.25) is 0 Å². The van der Waals surface area contributed by atoms with E-state index in [1.54, 1.807) is 0 Å². The van der Waals surface area contributed by atoms with E-state index in [-0.39, 0.29) is 10.5 Å². The lowest BCUT2D eigenvalue weighted by Gasteiger charge is -2.16. The summed E-state index contributed by atoms with van der Waals surface area (Å²) >= 11 is 0. The summed E-state index contributed by atoms with van der Waals surface area (Å²) in [5.41, 5.74) is 0. The minimum absolute atomic E-state index is 0.375. The van der Waals surface area contributed by atoms with Crippen molar-refractivity contribution in [1.82, 2.24) is 0 Å². The minimum atomic E-state index is -0.779. The molecule has 0 aliphatic carbocycles. The van der Waals surface area contributed by atoms with E-state index in [4.69, 9.17) is 10.2 Å². The zero-order valence-electron chi connectivity index (χ0n) is 8.33. The fourth-order valence-corrected chi connectivity index (χ4v) is 6.28. The lowest BCUT2D eigenvalue weighted by atomic mass is 10.3. The summed E-state index contributed by atoms with van der Waals surface area (Å²) in [7, 11) is 5.61. The van der Waals surface area contributed by atoms with Gasteiger partial charge in [0, 0.05) is 11.5 Å². The van der Waals surface area contributed by atoms with Crippen molar-refractivity contribution in [3.8, 4) is 0 Å². The number of carboxylic acids is 2. The van der Waals surface area contributed by atoms with E-state index in [0.29, 0.717) is 24.3 Å². The highest BCUT2D eigenvalue weighted by atomic mass is 33.1. The Bertz CT molecular complexity index is 222. The first-order chi connectivity index (χ1) is 7.61. The van der Waals surface area contributed by atoms with Crippen LogP contribution in [0.3, 0.4) is 0 Å². The van der Waals surface area contributed by atoms with Crippen LogP contribution >= 0.6 is 43.2 Å². The predicted octanol–water partition coefficient (Wildman–Crippen LogP) is 2.45. The Morgan fingerprint density at radius 1 is 0.875 bits per heavy atom. The topological polar surface area (TPSA) is 74.6 Å². The Labute approximate surface area is 109 Å². The average molecular weight is 300 g/mol. The molecule has 1 aliphatic heterocycles. The van der Waals surface area contributed by atoms with Crippen LogP contribution in [0.15, 0.2) is 0 Å². The molecule has 8 heteroatoms. The number of carbonyl (C=O) groups is 2. The van der Waals surface area contributed by atoms with Gasteiger partial charge in [-0.1, -0.05) is 43.2 Å². The van der Waals surface area contributed by atoms with Crippen molar-refractivity contribution in [1.29, 1.82) is 0 Å². The van der Waals surface area contributed by atoms with Gasteiger partial charge in [0.15, 0.2) is 0 Å². The third-order valence-electron chi connectivity index (χ3n) is 1.85. The van der Waals surface area contributed by atoms with Crippen molar-refractivity contribution >= 4 is 55.1 Å². The third kappa shape index (κ3) is 5.11. The molecule has 1 fully saturated rings. The number of rotatable bonds is 2. The van der Waals surface area contributed by atoms with Crippen molar-refractivity contribution in [2.75, 3.05) is 11.5 Å². The molecule has 0 radical (unpaired) electrons. The van der Waals surface area contributed by atoms with Crippen LogP contribution in [0.5, 0.6) is 0 Å². The maximum Gasteiger partial charge on any atom is 0.317 e. The van der Waals surface area contributed by atoms with Crippen molar-refractivity contribution in [2.24, 2.45) is 0 Å². The summed E-state index contributed by atoms with van der Waals surface area (Å²) in [6, 6.07) is 0. The second-order valence-electron chi connectivity index (χ2n) is 3.07. The summed E-state index contributed by atoms with van der Waals surface area (Å²) in [5.74, 6) is -0.199. The van der Waals surface area contributed by atoms with Crippen LogP contribution in [0.25, 0.3) is 0 Å². The molecule has 16 heavy (non-hydrogen) atoms. The normalized spacial score (nSPS) is 28.2. The molecule has 92 valence electrons. The fourth-order valence-electron chi connectivity index (χ4n) is 0.996. The highest BCUT2D eigenvalue weighted by molar-refractivity contribution is 8.77. The van der Waals surface area contributed by atoms with Crippen LogP contribution in [-0.2, 0) is 9.59 Å². The summed E-state index contributed by atoms with van der Waals surface area (Å²) in [4.78, 5) is 21.7. The van der Waals surface area contributed by atoms with Gasteiger partial charge in [0.2, 0.25) is 0 Å². The first kappa shape index (κ1) is 14.4. The van der Waals surface area contributed by atoms with Gasteiger partial charge in [0.05, 0.1) is 0 Å². The van der Waals surface area contributed by atoms with Crippen LogP contribution in [0.1, 0.15) is 12.8 Å². The zero-order chi connectivity index (χ0) is 12.0. The van der Waals surface area contributed by atoms with Gasteiger partial charge in [0.1, 0.15) is 10.5 Å². The van der Waals surface area contributed by atoms with E-state index in [1.807, 2.05) is 0 Å². The molecule has 0 saturated carbocycles. The van der Waals surface area contributed by atoms with E-state index in [9.17, 15) is 9.59 Å². The van der Waals surface area contributed by atoms with E-state index >= 15 is 0 Å². The van der Waals surface area contributed by atoms with Gasteiger partial charge in [-0.05, 0) is 12.8 Å². The van der Waals surface area contributed by atoms with Crippen molar-refractivity contribution in [3.05, 3.63) is 0 Å². The smallest absolute Gasteiger partial charge is 0.317 e. The van der Waals surface area contributed by atoms with Crippen LogP contribution < -0.4 is 0 Å². The monoisotopic (exact) mass is 300 g/mol. The largest absolute Gasteiger partial charge is 0.480 e. The lowest BCUT2D eigenvalue weighted by Crippen LogP contribution is -2.19. The predicted molar refractivity (Wildman–Crippen MR) is 72.2 cm³/mol. The molecule has 0 aromatic rings. The lowest BCUT2D eigenvalue weighted by molar-refractivity contribution is -0.137.